The molecular weight excluding hydrogens is 658 g/mol. The quantitative estimate of drug-likeness (QED) is 0.220. The fourth-order valence-electron chi connectivity index (χ4n) is 12.8. The minimum Gasteiger partial charge on any atom is -0.462 e. The highest BCUT2D eigenvalue weighted by atomic mass is 16.7. The van der Waals surface area contributed by atoms with Crippen LogP contribution >= 0.6 is 0 Å². The van der Waals surface area contributed by atoms with E-state index in [2.05, 4.69) is 4.90 Å². The normalized spacial score (nSPS) is 46.5. The highest BCUT2D eigenvalue weighted by molar-refractivity contribution is 5.71. The van der Waals surface area contributed by atoms with Crippen LogP contribution in [0, 0.1) is 34.5 Å². The molecule has 5 saturated carbocycles. The lowest BCUT2D eigenvalue weighted by Crippen LogP contribution is -2.82. The molecule has 0 N–H and O–H groups in total. The van der Waals surface area contributed by atoms with Crippen LogP contribution in [0.1, 0.15) is 54.4 Å². The van der Waals surface area contributed by atoms with E-state index in [4.69, 9.17) is 42.6 Å². The Morgan fingerprint density at radius 1 is 0.700 bits per heavy atom. The largest absolute Gasteiger partial charge is 0.462 e. The molecule has 0 aromatic rings. The Hall–Kier alpha value is -2.85. The molecule has 0 amide bonds. The highest BCUT2D eigenvalue weighted by Gasteiger charge is 2.93. The van der Waals surface area contributed by atoms with E-state index in [0.29, 0.717) is 19.5 Å². The van der Waals surface area contributed by atoms with Gasteiger partial charge in [0.15, 0.2) is 23.4 Å². The molecule has 15 atom stereocenters. The summed E-state index contributed by atoms with van der Waals surface area (Å²) in [6.07, 6.45) is -5.26. The third kappa shape index (κ3) is 4.55. The lowest BCUT2D eigenvalue weighted by atomic mass is 9.42. The first-order valence-corrected chi connectivity index (χ1v) is 17.3. The van der Waals surface area contributed by atoms with E-state index >= 15 is 0 Å². The summed E-state index contributed by atoms with van der Waals surface area (Å²) >= 11 is 0. The van der Waals surface area contributed by atoms with Gasteiger partial charge in [0.05, 0.1) is 18.8 Å². The number of fused-ring (bicyclic) bond motifs is 2. The average molecular weight is 710 g/mol. The molecule has 6 aliphatic rings. The summed E-state index contributed by atoms with van der Waals surface area (Å²) in [4.78, 5) is 67.8. The summed E-state index contributed by atoms with van der Waals surface area (Å²) in [5, 5.41) is 0. The molecule has 50 heavy (non-hydrogen) atoms. The second-order valence-electron chi connectivity index (χ2n) is 15.0. The van der Waals surface area contributed by atoms with Crippen molar-refractivity contribution in [2.45, 2.75) is 108 Å². The molecule has 15 nitrogen and oxygen atoms in total. The first-order chi connectivity index (χ1) is 23.6. The summed E-state index contributed by atoms with van der Waals surface area (Å²) in [5.41, 5.74) is -5.09. The van der Waals surface area contributed by atoms with Gasteiger partial charge < -0.3 is 42.6 Å². The van der Waals surface area contributed by atoms with Crippen molar-refractivity contribution in [3.05, 3.63) is 0 Å². The van der Waals surface area contributed by atoms with Crippen LogP contribution in [0.4, 0.5) is 0 Å². The van der Waals surface area contributed by atoms with E-state index in [0.717, 1.165) is 0 Å². The molecule has 0 aromatic carbocycles. The standard InChI is InChI=1S/C35H51NO14/c1-11-36-14-32(15-42-7)22(46-16(2)37)12-23(43-8)34-21-13-33(49-19(5)40)29(47-17(3)38)24(21)35(50-20(6)41,31(30(33)45-10)48-18(4)39)25(28(34)36)26(44-9)27(32)34/h21-31H,11-15H2,1-10H3/t21-,22?,23?,24-,25?,26?,27-,28-,29?,30+,31?,32?,33+,34?,35-/m1/s1. The summed E-state index contributed by atoms with van der Waals surface area (Å²) in [7, 11) is 6.21. The molecule has 7 bridgehead atoms. The van der Waals surface area contributed by atoms with Crippen LogP contribution in [-0.4, -0.2) is 137 Å². The molecule has 1 saturated heterocycles. The van der Waals surface area contributed by atoms with Crippen LogP contribution in [0.15, 0.2) is 0 Å². The van der Waals surface area contributed by atoms with E-state index in [1.807, 2.05) is 6.92 Å². The van der Waals surface area contributed by atoms with E-state index in [1.54, 1.807) is 21.3 Å². The number of hydrogen-bond donors (Lipinski definition) is 0. The molecule has 8 unspecified atom stereocenters. The lowest BCUT2D eigenvalue weighted by molar-refractivity contribution is -0.326. The zero-order chi connectivity index (χ0) is 36.7. The number of carbonyl (C=O) groups is 5. The van der Waals surface area contributed by atoms with Crippen molar-refractivity contribution >= 4 is 29.8 Å². The number of hydrogen-bond acceptors (Lipinski definition) is 15. The van der Waals surface area contributed by atoms with Crippen LogP contribution in [0.25, 0.3) is 0 Å². The monoisotopic (exact) mass is 709 g/mol. The number of carbonyl (C=O) groups excluding carboxylic acids is 5. The number of likely N-dealkylation sites (tertiary alicyclic amines) is 1. The summed E-state index contributed by atoms with van der Waals surface area (Å²) < 4.78 is 56.8. The van der Waals surface area contributed by atoms with E-state index in [-0.39, 0.29) is 13.0 Å². The third-order valence-electron chi connectivity index (χ3n) is 13.1. The van der Waals surface area contributed by atoms with E-state index in [9.17, 15) is 24.0 Å². The number of nitrogens with zero attached hydrogens (tertiary/aromatic N) is 1. The van der Waals surface area contributed by atoms with Gasteiger partial charge in [-0.2, -0.15) is 0 Å². The molecule has 0 aromatic heterocycles. The topological polar surface area (TPSA) is 172 Å². The fraction of sp³-hybridized carbons (Fsp3) is 0.857. The van der Waals surface area contributed by atoms with Gasteiger partial charge in [0.25, 0.3) is 0 Å². The Labute approximate surface area is 292 Å². The molecule has 5 aliphatic carbocycles. The molecule has 0 radical (unpaired) electrons. The Bertz CT molecular complexity index is 1420. The van der Waals surface area contributed by atoms with E-state index in [1.165, 1.54) is 41.7 Å². The third-order valence-corrected chi connectivity index (χ3v) is 13.1. The van der Waals surface area contributed by atoms with Crippen LogP contribution < -0.4 is 0 Å². The van der Waals surface area contributed by atoms with Crippen molar-refractivity contribution in [2.24, 2.45) is 34.5 Å². The highest BCUT2D eigenvalue weighted by Crippen LogP contribution is 2.81. The Balaban J connectivity index is 1.78. The fourth-order valence-corrected chi connectivity index (χ4v) is 12.8. The molecule has 1 heterocycles. The molecule has 6 fully saturated rings. The number of piperidine rings is 1. The second-order valence-corrected chi connectivity index (χ2v) is 15.0. The molecule has 15 heteroatoms. The van der Waals surface area contributed by atoms with Crippen LogP contribution in [0.5, 0.6) is 0 Å². The van der Waals surface area contributed by atoms with Gasteiger partial charge in [0.2, 0.25) is 0 Å². The first-order valence-electron chi connectivity index (χ1n) is 17.3. The van der Waals surface area contributed by atoms with Gasteiger partial charge in [-0.25, -0.2) is 0 Å². The molecule has 1 aliphatic heterocycles. The molecule has 280 valence electrons. The molecular formula is C35H51NO14. The van der Waals surface area contributed by atoms with Crippen LogP contribution in [-0.2, 0) is 66.6 Å². The van der Waals surface area contributed by atoms with Gasteiger partial charge in [-0.1, -0.05) is 6.92 Å². The zero-order valence-electron chi connectivity index (χ0n) is 30.5. The summed E-state index contributed by atoms with van der Waals surface area (Å²) in [5.74, 6) is -5.72. The lowest BCUT2D eigenvalue weighted by Gasteiger charge is -2.70. The van der Waals surface area contributed by atoms with E-state index < -0.39 is 118 Å². The van der Waals surface area contributed by atoms with Gasteiger partial charge in [-0.15, -0.1) is 0 Å². The predicted molar refractivity (Wildman–Crippen MR) is 169 cm³/mol. The van der Waals surface area contributed by atoms with Crippen molar-refractivity contribution in [3.8, 4) is 0 Å². The maximum Gasteiger partial charge on any atom is 0.303 e. The van der Waals surface area contributed by atoms with Crippen molar-refractivity contribution < 1.29 is 66.6 Å². The van der Waals surface area contributed by atoms with Gasteiger partial charge in [-0.05, 0) is 18.9 Å². The summed E-state index contributed by atoms with van der Waals surface area (Å²) in [6, 6.07) is -0.420. The summed E-state index contributed by atoms with van der Waals surface area (Å²) in [6.45, 7) is 9.62. The zero-order valence-corrected chi connectivity index (χ0v) is 30.5. The average Bonchev–Trinajstić information content (AvgIpc) is 3.40. The minimum atomic E-state index is -1.72. The Morgan fingerprint density at radius 3 is 1.82 bits per heavy atom. The van der Waals surface area contributed by atoms with Crippen molar-refractivity contribution in [1.29, 1.82) is 0 Å². The molecule has 1 spiro atoms. The second kappa shape index (κ2) is 12.7. The predicted octanol–water partition coefficient (Wildman–Crippen LogP) is 1.07. The van der Waals surface area contributed by atoms with Gasteiger partial charge in [0, 0.05) is 111 Å². The van der Waals surface area contributed by atoms with Gasteiger partial charge in [-0.3, -0.25) is 28.9 Å². The maximum absolute atomic E-state index is 13.5. The SMILES string of the molecule is CCN1CC2(COC)C(OC(C)=O)CC(OC)C34[C@@H]5C[C@]6(OC(C)=O)C(OC(C)=O)[C@@H]5[C@@](OC(C)=O)(C(C(OC)[C@H]23)[C@@H]14)C(OC(C)=O)[C@@H]6OC. The Kier molecular flexibility index (Phi) is 9.36. The maximum atomic E-state index is 13.5. The number of esters is 5. The van der Waals surface area contributed by atoms with Crippen LogP contribution in [0.3, 0.4) is 0 Å². The van der Waals surface area contributed by atoms with Crippen molar-refractivity contribution in [2.75, 3.05) is 48.1 Å². The number of methoxy groups -OCH3 is 4. The van der Waals surface area contributed by atoms with Crippen molar-refractivity contribution in [1.82, 2.24) is 4.90 Å². The minimum absolute atomic E-state index is 0.0866. The van der Waals surface area contributed by atoms with Crippen LogP contribution in [0.2, 0.25) is 0 Å². The molecule has 6 rings (SSSR count). The van der Waals surface area contributed by atoms with Crippen molar-refractivity contribution in [3.63, 3.8) is 0 Å². The smallest absolute Gasteiger partial charge is 0.303 e. The first kappa shape index (κ1) is 36.9. The van der Waals surface area contributed by atoms with Gasteiger partial charge >= 0.3 is 29.8 Å². The Morgan fingerprint density at radius 2 is 1.32 bits per heavy atom. The number of rotatable bonds is 11. The van der Waals surface area contributed by atoms with Gasteiger partial charge in [0.1, 0.15) is 12.2 Å². The number of ether oxygens (including phenoxy) is 9.